The molecule has 0 bridgehead atoms. The molecule has 6 rings (SSSR count). The second-order valence-corrected chi connectivity index (χ2v) is 12.4. The molecule has 2 aromatic rings. The summed E-state index contributed by atoms with van der Waals surface area (Å²) in [4.78, 5) is 41.4. The third kappa shape index (κ3) is 6.41. The third-order valence-corrected chi connectivity index (χ3v) is 9.69. The molecule has 2 N–H and O–H groups in total. The molecule has 1 aromatic carbocycles. The fourth-order valence-corrected chi connectivity index (χ4v) is 7.23. The van der Waals surface area contributed by atoms with Crippen LogP contribution in [0.5, 0.6) is 0 Å². The van der Waals surface area contributed by atoms with Crippen LogP contribution in [0.4, 0.5) is 5.82 Å². The number of anilines is 1. The van der Waals surface area contributed by atoms with Gasteiger partial charge >= 0.3 is 0 Å². The minimum Gasteiger partial charge on any atom is -0.390 e. The van der Waals surface area contributed by atoms with E-state index in [1.165, 1.54) is 30.4 Å². The zero-order valence-corrected chi connectivity index (χ0v) is 24.3. The summed E-state index contributed by atoms with van der Waals surface area (Å²) in [6.07, 6.45) is 8.53. The van der Waals surface area contributed by atoms with Crippen molar-refractivity contribution in [2.45, 2.75) is 95.4 Å². The summed E-state index contributed by atoms with van der Waals surface area (Å²) >= 11 is 0. The van der Waals surface area contributed by atoms with E-state index < -0.39 is 6.10 Å². The van der Waals surface area contributed by atoms with Crippen LogP contribution in [0.25, 0.3) is 0 Å². The Kier molecular flexibility index (Phi) is 8.53. The van der Waals surface area contributed by atoms with E-state index in [9.17, 15) is 14.7 Å². The number of amides is 2. The van der Waals surface area contributed by atoms with Crippen LogP contribution in [0.3, 0.4) is 0 Å². The Bertz CT molecular complexity index is 1240. The number of carbonyl (C=O) groups excluding carboxylic acids is 2. The van der Waals surface area contributed by atoms with Crippen LogP contribution < -0.4 is 5.32 Å². The van der Waals surface area contributed by atoms with Crippen molar-refractivity contribution in [3.8, 4) is 0 Å². The van der Waals surface area contributed by atoms with Gasteiger partial charge in [-0.2, -0.15) is 0 Å². The maximum absolute atomic E-state index is 13.8. The number of benzene rings is 1. The summed E-state index contributed by atoms with van der Waals surface area (Å²) in [5.74, 6) is 1.73. The lowest BCUT2D eigenvalue weighted by molar-refractivity contribution is -0.129. The largest absolute Gasteiger partial charge is 0.390 e. The Hall–Kier alpha value is -3.04. The van der Waals surface area contributed by atoms with E-state index in [0.717, 1.165) is 70.5 Å². The molecule has 2 atom stereocenters. The van der Waals surface area contributed by atoms with Gasteiger partial charge in [0.1, 0.15) is 17.3 Å². The average Bonchev–Trinajstić information content (AvgIpc) is 3.01. The van der Waals surface area contributed by atoms with Gasteiger partial charge in [0.2, 0.25) is 5.91 Å². The van der Waals surface area contributed by atoms with Crippen LogP contribution in [0.2, 0.25) is 0 Å². The second-order valence-electron chi connectivity index (χ2n) is 12.4. The number of hydrogen-bond acceptors (Lipinski definition) is 7. The molecule has 2 saturated heterocycles. The summed E-state index contributed by atoms with van der Waals surface area (Å²) in [6, 6.07) is 10.6. The van der Waals surface area contributed by atoms with E-state index in [1.807, 2.05) is 4.90 Å². The molecule has 3 fully saturated rings. The molecule has 0 unspecified atom stereocenters. The minimum atomic E-state index is -0.596. The van der Waals surface area contributed by atoms with E-state index in [4.69, 9.17) is 9.97 Å². The van der Waals surface area contributed by atoms with Crippen LogP contribution >= 0.6 is 0 Å². The van der Waals surface area contributed by atoms with Gasteiger partial charge in [0.05, 0.1) is 6.10 Å². The van der Waals surface area contributed by atoms with Crippen LogP contribution in [0.1, 0.15) is 91.6 Å². The first-order valence-electron chi connectivity index (χ1n) is 15.6. The molecule has 1 saturated carbocycles. The maximum Gasteiger partial charge on any atom is 0.272 e. The van der Waals surface area contributed by atoms with Crippen molar-refractivity contribution in [1.82, 2.24) is 24.7 Å². The van der Waals surface area contributed by atoms with Gasteiger partial charge in [0, 0.05) is 70.3 Å². The zero-order valence-electron chi connectivity index (χ0n) is 24.3. The standard InChI is InChI=1S/C32H44N6O3/c1-22(39)36-16-12-26(13-17-36)33-30-19-27(34-31(35-30)24-8-3-2-4-9-24)32(41)38-18-14-28(29(40)21-38)37-15-11-23-7-5-6-10-25(23)20-37/h5-7,10,19,24,26,28-29,40H,2-4,8-9,11-18,20-21H2,1H3,(H,33,34,35)/t28-,29-/m1/s1. The monoisotopic (exact) mass is 560 g/mol. The van der Waals surface area contributed by atoms with E-state index in [0.29, 0.717) is 24.6 Å². The van der Waals surface area contributed by atoms with Crippen LogP contribution in [-0.4, -0.2) is 92.5 Å². The van der Waals surface area contributed by atoms with Crippen molar-refractivity contribution in [3.05, 3.63) is 53.0 Å². The summed E-state index contributed by atoms with van der Waals surface area (Å²) in [5, 5.41) is 14.8. The predicted octanol–water partition coefficient (Wildman–Crippen LogP) is 3.58. The van der Waals surface area contributed by atoms with Crippen molar-refractivity contribution in [2.75, 3.05) is 38.0 Å². The second kappa shape index (κ2) is 12.4. The van der Waals surface area contributed by atoms with E-state index in [2.05, 4.69) is 34.5 Å². The van der Waals surface area contributed by atoms with Gasteiger partial charge in [-0.15, -0.1) is 0 Å². The molecular formula is C32H44N6O3. The Labute approximate surface area is 243 Å². The number of aromatic nitrogens is 2. The number of β-amino-alcohol motifs (C(OH)–C–C–N with tert-alkyl or cyclic N) is 1. The Morgan fingerprint density at radius 3 is 2.37 bits per heavy atom. The molecular weight excluding hydrogens is 516 g/mol. The number of aliphatic hydroxyl groups excluding tert-OH is 1. The number of likely N-dealkylation sites (tertiary alicyclic amines) is 2. The highest BCUT2D eigenvalue weighted by atomic mass is 16.3. The fraction of sp³-hybridized carbons (Fsp3) is 0.625. The number of nitrogens with one attached hydrogen (secondary N) is 1. The highest BCUT2D eigenvalue weighted by Gasteiger charge is 2.36. The molecule has 9 heteroatoms. The lowest BCUT2D eigenvalue weighted by Gasteiger charge is -2.43. The molecule has 9 nitrogen and oxygen atoms in total. The fourth-order valence-electron chi connectivity index (χ4n) is 7.23. The number of hydrogen-bond donors (Lipinski definition) is 2. The van der Waals surface area contributed by atoms with Crippen molar-refractivity contribution in [2.24, 2.45) is 0 Å². The summed E-state index contributed by atoms with van der Waals surface area (Å²) in [6.45, 7) is 5.79. The van der Waals surface area contributed by atoms with E-state index >= 15 is 0 Å². The molecule has 41 heavy (non-hydrogen) atoms. The smallest absolute Gasteiger partial charge is 0.272 e. The van der Waals surface area contributed by atoms with Crippen LogP contribution in [0.15, 0.2) is 30.3 Å². The molecule has 4 aliphatic rings. The summed E-state index contributed by atoms with van der Waals surface area (Å²) in [5.41, 5.74) is 3.16. The lowest BCUT2D eigenvalue weighted by atomic mass is 9.88. The number of piperidine rings is 2. The van der Waals surface area contributed by atoms with Crippen LogP contribution in [0, 0.1) is 0 Å². The van der Waals surface area contributed by atoms with Crippen molar-refractivity contribution in [3.63, 3.8) is 0 Å². The number of carbonyl (C=O) groups is 2. The Morgan fingerprint density at radius 2 is 1.63 bits per heavy atom. The van der Waals surface area contributed by atoms with Crippen molar-refractivity contribution < 1.29 is 14.7 Å². The quantitative estimate of drug-likeness (QED) is 0.576. The predicted molar refractivity (Wildman–Crippen MR) is 158 cm³/mol. The minimum absolute atomic E-state index is 0.0497. The molecule has 1 aliphatic carbocycles. The van der Waals surface area contributed by atoms with Crippen molar-refractivity contribution in [1.29, 1.82) is 0 Å². The Balaban J connectivity index is 1.15. The van der Waals surface area contributed by atoms with Gasteiger partial charge in [-0.25, -0.2) is 9.97 Å². The lowest BCUT2D eigenvalue weighted by Crippen LogP contribution is -2.56. The first kappa shape index (κ1) is 28.1. The SMILES string of the molecule is CC(=O)N1CCC(Nc2cc(C(=O)N3CC[C@@H](N4CCc5ccccc5C4)[C@H](O)C3)nc(C3CCCCC3)n2)CC1. The number of fused-ring (bicyclic) bond motifs is 1. The summed E-state index contributed by atoms with van der Waals surface area (Å²) in [7, 11) is 0. The number of nitrogens with zero attached hydrogens (tertiary/aromatic N) is 5. The summed E-state index contributed by atoms with van der Waals surface area (Å²) < 4.78 is 0. The van der Waals surface area contributed by atoms with Crippen LogP contribution in [-0.2, 0) is 17.8 Å². The molecule has 2 amide bonds. The highest BCUT2D eigenvalue weighted by molar-refractivity contribution is 5.93. The van der Waals surface area contributed by atoms with Gasteiger partial charge in [-0.1, -0.05) is 43.5 Å². The Morgan fingerprint density at radius 1 is 0.902 bits per heavy atom. The molecule has 3 aliphatic heterocycles. The van der Waals surface area contributed by atoms with E-state index in [1.54, 1.807) is 17.9 Å². The molecule has 0 radical (unpaired) electrons. The molecule has 1 aromatic heterocycles. The van der Waals surface area contributed by atoms with Crippen molar-refractivity contribution >= 4 is 17.6 Å². The molecule has 4 heterocycles. The average molecular weight is 561 g/mol. The number of rotatable bonds is 5. The normalized spacial score (nSPS) is 24.6. The topological polar surface area (TPSA) is 102 Å². The van der Waals surface area contributed by atoms with Gasteiger partial charge < -0.3 is 20.2 Å². The number of aliphatic hydroxyl groups is 1. The van der Waals surface area contributed by atoms with Gasteiger partial charge in [-0.05, 0) is 49.7 Å². The third-order valence-electron chi connectivity index (χ3n) is 9.69. The first-order valence-corrected chi connectivity index (χ1v) is 15.6. The van der Waals surface area contributed by atoms with Gasteiger partial charge in [0.25, 0.3) is 5.91 Å². The molecule has 220 valence electrons. The first-order chi connectivity index (χ1) is 19.9. The van der Waals surface area contributed by atoms with Gasteiger partial charge in [-0.3, -0.25) is 14.5 Å². The zero-order chi connectivity index (χ0) is 28.3. The highest BCUT2D eigenvalue weighted by Crippen LogP contribution is 2.32. The van der Waals surface area contributed by atoms with Gasteiger partial charge in [0.15, 0.2) is 0 Å². The molecule has 0 spiro atoms. The van der Waals surface area contributed by atoms with E-state index in [-0.39, 0.29) is 29.8 Å². The maximum atomic E-state index is 13.8.